The minimum absolute atomic E-state index is 0.108. The van der Waals surface area contributed by atoms with E-state index in [1.54, 1.807) is 25.1 Å². The van der Waals surface area contributed by atoms with Gasteiger partial charge in [-0.15, -0.1) is 0 Å². The number of nitrogens with two attached hydrogens (primary N) is 1. The number of carbonyl (C=O) groups is 1. The highest BCUT2D eigenvalue weighted by atomic mass is 32.2. The second-order valence-electron chi connectivity index (χ2n) is 10.0. The Morgan fingerprint density at radius 1 is 0.775 bits per heavy atom. The molecule has 0 spiro atoms. The summed E-state index contributed by atoms with van der Waals surface area (Å²) in [5, 5.41) is 6.92. The Bertz CT molecular complexity index is 1800. The number of anilines is 1. The molecule has 5 nitrogen and oxygen atoms in total. The Hall–Kier alpha value is -4.42. The molecule has 2 atom stereocenters. The van der Waals surface area contributed by atoms with E-state index in [0.717, 1.165) is 32.8 Å². The minimum Gasteiger partial charge on any atom is -0.389 e. The Balaban J connectivity index is 1.42. The second kappa shape index (κ2) is 11.8. The summed E-state index contributed by atoms with van der Waals surface area (Å²) in [6.45, 7) is 1.80. The third-order valence-corrected chi connectivity index (χ3v) is 8.85. The summed E-state index contributed by atoms with van der Waals surface area (Å²) >= 11 is 0. The van der Waals surface area contributed by atoms with E-state index in [0.29, 0.717) is 12.8 Å². The highest BCUT2D eigenvalue weighted by Crippen LogP contribution is 2.25. The molecule has 0 unspecified atom stereocenters. The Labute approximate surface area is 235 Å². The topological polar surface area (TPSA) is 89.3 Å². The van der Waals surface area contributed by atoms with E-state index in [-0.39, 0.29) is 15.7 Å². The molecule has 3 N–H and O–H groups in total. The molecule has 40 heavy (non-hydrogen) atoms. The van der Waals surface area contributed by atoms with Crippen LogP contribution >= 0.6 is 0 Å². The van der Waals surface area contributed by atoms with Gasteiger partial charge in [0, 0.05) is 11.6 Å². The van der Waals surface area contributed by atoms with Gasteiger partial charge in [0.1, 0.15) is 5.03 Å². The molecular formula is C34H32N2O3S. The highest BCUT2D eigenvalue weighted by molar-refractivity contribution is 7.95. The van der Waals surface area contributed by atoms with Crippen LogP contribution in [-0.4, -0.2) is 20.2 Å². The van der Waals surface area contributed by atoms with Gasteiger partial charge < -0.3 is 11.1 Å². The van der Waals surface area contributed by atoms with Crippen molar-refractivity contribution in [2.75, 3.05) is 5.32 Å². The first-order chi connectivity index (χ1) is 19.3. The molecule has 0 heterocycles. The normalized spacial score (nSPS) is 13.7. The maximum atomic E-state index is 13.7. The number of hydrogen-bond acceptors (Lipinski definition) is 5. The van der Waals surface area contributed by atoms with Crippen molar-refractivity contribution in [2.45, 2.75) is 30.7 Å². The molecule has 0 aliphatic carbocycles. The smallest absolute Gasteiger partial charge is 0.220 e. The van der Waals surface area contributed by atoms with Crippen molar-refractivity contribution in [1.82, 2.24) is 0 Å². The molecule has 0 saturated heterocycles. The number of benzene rings is 5. The maximum absolute atomic E-state index is 13.7. The molecule has 0 aliphatic rings. The van der Waals surface area contributed by atoms with Crippen LogP contribution in [0.3, 0.4) is 0 Å². The van der Waals surface area contributed by atoms with Crippen molar-refractivity contribution < 1.29 is 13.2 Å². The quantitative estimate of drug-likeness (QED) is 0.198. The number of allylic oxidation sites excluding steroid dienone is 1. The van der Waals surface area contributed by atoms with E-state index in [4.69, 9.17) is 5.73 Å². The van der Waals surface area contributed by atoms with Crippen LogP contribution in [0.5, 0.6) is 0 Å². The fourth-order valence-electron chi connectivity index (χ4n) is 4.95. The van der Waals surface area contributed by atoms with Crippen LogP contribution in [0.4, 0.5) is 5.69 Å². The van der Waals surface area contributed by atoms with Crippen LogP contribution < -0.4 is 11.1 Å². The van der Waals surface area contributed by atoms with Gasteiger partial charge in [-0.1, -0.05) is 91.0 Å². The van der Waals surface area contributed by atoms with E-state index >= 15 is 0 Å². The lowest BCUT2D eigenvalue weighted by atomic mass is 9.92. The minimum atomic E-state index is -3.98. The summed E-state index contributed by atoms with van der Waals surface area (Å²) < 4.78 is 26.9. The maximum Gasteiger partial charge on any atom is 0.220 e. The van der Waals surface area contributed by atoms with Crippen molar-refractivity contribution in [2.24, 2.45) is 11.7 Å². The summed E-state index contributed by atoms with van der Waals surface area (Å²) in [7, 11) is -3.98. The summed E-state index contributed by atoms with van der Waals surface area (Å²) in [6.07, 6.45) is 2.47. The van der Waals surface area contributed by atoms with Gasteiger partial charge in [0.05, 0.1) is 10.9 Å². The molecule has 5 rings (SSSR count). The zero-order valence-corrected chi connectivity index (χ0v) is 23.1. The van der Waals surface area contributed by atoms with Crippen molar-refractivity contribution in [1.29, 1.82) is 0 Å². The molecule has 0 aliphatic heterocycles. The van der Waals surface area contributed by atoms with Gasteiger partial charge in [0.25, 0.3) is 0 Å². The molecule has 5 aromatic carbocycles. The monoisotopic (exact) mass is 548 g/mol. The highest BCUT2D eigenvalue weighted by Gasteiger charge is 2.26. The molecule has 0 aromatic heterocycles. The van der Waals surface area contributed by atoms with Gasteiger partial charge >= 0.3 is 0 Å². The van der Waals surface area contributed by atoms with Crippen molar-refractivity contribution in [3.05, 3.63) is 132 Å². The molecule has 0 radical (unpaired) electrons. The van der Waals surface area contributed by atoms with E-state index in [1.807, 2.05) is 97.1 Å². The number of fused-ring (bicyclic) bond motifs is 2. The second-order valence-corrected chi connectivity index (χ2v) is 12.0. The SMILES string of the molecule is C[C@H](Nc1ccc2ccccc2c1)C(=O)[C@H](/C=C(\N)S(=O)(=O)c1ccc2ccccc2c1)CCc1ccccc1. The van der Waals surface area contributed by atoms with Crippen molar-refractivity contribution in [3.8, 4) is 0 Å². The molecule has 202 valence electrons. The zero-order chi connectivity index (χ0) is 28.1. The standard InChI is InChI=1S/C34H32N2O3S/c1-24(36-31-19-17-26-11-5-7-13-28(26)21-31)34(37)30(16-15-25-9-3-2-4-10-25)23-33(35)40(38,39)32-20-18-27-12-6-8-14-29(27)22-32/h2-14,17-24,30,36H,15-16,35H2,1H3/b33-23+/t24-,30-/m0/s1. The first-order valence-electron chi connectivity index (χ1n) is 13.4. The predicted molar refractivity (Wildman–Crippen MR) is 164 cm³/mol. The molecule has 5 aromatic rings. The largest absolute Gasteiger partial charge is 0.389 e. The summed E-state index contributed by atoms with van der Waals surface area (Å²) in [5.41, 5.74) is 8.14. The third-order valence-electron chi connectivity index (χ3n) is 7.22. The van der Waals surface area contributed by atoms with Gasteiger partial charge in [-0.3, -0.25) is 4.79 Å². The number of rotatable bonds is 10. The Morgan fingerprint density at radius 3 is 2.02 bits per heavy atom. The number of Topliss-reactive ketones (excluding diaryl/α,β-unsaturated/α-hetero) is 1. The molecule has 0 bridgehead atoms. The third kappa shape index (κ3) is 6.08. The fourth-order valence-corrected chi connectivity index (χ4v) is 6.10. The van der Waals surface area contributed by atoms with E-state index < -0.39 is 21.8 Å². The Morgan fingerprint density at radius 2 is 1.35 bits per heavy atom. The molecule has 6 heteroatoms. The number of sulfone groups is 1. The molecule has 0 amide bonds. The van der Waals surface area contributed by atoms with Gasteiger partial charge in [-0.05, 0) is 77.2 Å². The molecular weight excluding hydrogens is 516 g/mol. The van der Waals surface area contributed by atoms with Crippen molar-refractivity contribution in [3.63, 3.8) is 0 Å². The van der Waals surface area contributed by atoms with Crippen LogP contribution in [0.25, 0.3) is 21.5 Å². The van der Waals surface area contributed by atoms with Crippen molar-refractivity contribution >= 4 is 42.9 Å². The molecule has 0 saturated carbocycles. The van der Waals surface area contributed by atoms with Gasteiger partial charge in [0.2, 0.25) is 9.84 Å². The average molecular weight is 549 g/mol. The van der Waals surface area contributed by atoms with Gasteiger partial charge in [0.15, 0.2) is 5.78 Å². The van der Waals surface area contributed by atoms with Crippen LogP contribution in [0.15, 0.2) is 131 Å². The summed E-state index contributed by atoms with van der Waals surface area (Å²) in [5.74, 6) is -0.820. The number of hydrogen-bond donors (Lipinski definition) is 2. The van der Waals surface area contributed by atoms with Gasteiger partial charge in [-0.25, -0.2) is 8.42 Å². The number of nitrogens with one attached hydrogen (secondary N) is 1. The van der Waals surface area contributed by atoms with Crippen LogP contribution in [0.2, 0.25) is 0 Å². The Kier molecular flexibility index (Phi) is 7.99. The number of aryl methyl sites for hydroxylation is 1. The lowest BCUT2D eigenvalue weighted by Crippen LogP contribution is -2.32. The predicted octanol–water partition coefficient (Wildman–Crippen LogP) is 6.89. The van der Waals surface area contributed by atoms with E-state index in [2.05, 4.69) is 5.32 Å². The van der Waals surface area contributed by atoms with E-state index in [1.165, 1.54) is 6.08 Å². The first kappa shape index (κ1) is 27.2. The van der Waals surface area contributed by atoms with Crippen LogP contribution in [0, 0.1) is 5.92 Å². The number of carbonyl (C=O) groups excluding carboxylic acids is 1. The van der Waals surface area contributed by atoms with Crippen LogP contribution in [-0.2, 0) is 21.1 Å². The van der Waals surface area contributed by atoms with Crippen LogP contribution in [0.1, 0.15) is 18.9 Å². The first-order valence-corrected chi connectivity index (χ1v) is 14.8. The summed E-state index contributed by atoms with van der Waals surface area (Å²) in [4.78, 5) is 13.9. The summed E-state index contributed by atoms with van der Waals surface area (Å²) in [6, 6.07) is 35.8. The molecule has 0 fully saturated rings. The van der Waals surface area contributed by atoms with Gasteiger partial charge in [-0.2, -0.15) is 0 Å². The average Bonchev–Trinajstić information content (AvgIpc) is 2.98. The van der Waals surface area contributed by atoms with E-state index in [9.17, 15) is 13.2 Å². The fraction of sp³-hybridized carbons (Fsp3) is 0.147. The lowest BCUT2D eigenvalue weighted by molar-refractivity contribution is -0.122. The lowest BCUT2D eigenvalue weighted by Gasteiger charge is -2.20. The number of ketones is 1. The zero-order valence-electron chi connectivity index (χ0n) is 22.3.